The first kappa shape index (κ1) is 43.3. The molecule has 0 saturated carbocycles. The zero-order chi connectivity index (χ0) is 9.00. The van der Waals surface area contributed by atoms with Crippen molar-refractivity contribution in [2.75, 3.05) is 0 Å². The zero-order valence-electron chi connectivity index (χ0n) is 6.46. The van der Waals surface area contributed by atoms with Crippen LogP contribution in [0.2, 0.25) is 0 Å². The van der Waals surface area contributed by atoms with Gasteiger partial charge in [0.15, 0.2) is 0 Å². The Morgan fingerprint density at radius 3 is 0.533 bits per heavy atom. The van der Waals surface area contributed by atoms with E-state index in [0.29, 0.717) is 0 Å². The van der Waals surface area contributed by atoms with E-state index >= 15 is 0 Å². The van der Waals surface area contributed by atoms with E-state index in [9.17, 15) is 0 Å². The molecule has 15 heavy (non-hydrogen) atoms. The molecule has 0 fully saturated rings. The molecule has 0 aromatic heterocycles. The Bertz CT molecular complexity index is 213. The van der Waals surface area contributed by atoms with E-state index in [-0.39, 0.29) is 99.9 Å². The van der Waals surface area contributed by atoms with Gasteiger partial charge in [0.2, 0.25) is 0 Å². The summed E-state index contributed by atoms with van der Waals surface area (Å²) in [5.41, 5.74) is 0. The quantitative estimate of drug-likeness (QED) is 0.267. The molecule has 0 unspecified atom stereocenters. The van der Waals surface area contributed by atoms with Gasteiger partial charge in [-0.3, -0.25) is 18.2 Å². The predicted molar refractivity (Wildman–Crippen MR) is 30.4 cm³/mol. The molecule has 0 bridgehead atoms. The summed E-state index contributed by atoms with van der Waals surface area (Å²) in [4.78, 5) is 0. The van der Waals surface area contributed by atoms with E-state index in [2.05, 4.69) is 0 Å². The second-order valence-electron chi connectivity index (χ2n) is 0.896. The van der Waals surface area contributed by atoms with Crippen LogP contribution < -0.4 is 0 Å². The average Bonchev–Trinajstić information content (AvgIpc) is 1.12. The Labute approximate surface area is 153 Å². The van der Waals surface area contributed by atoms with Crippen molar-refractivity contribution in [3.05, 3.63) is 0 Å². The Hall–Kier alpha value is 2.37. The van der Waals surface area contributed by atoms with Gasteiger partial charge in [-0.1, -0.05) is 0 Å². The molecule has 2 radical (unpaired) electrons. The zero-order valence-corrected chi connectivity index (χ0v) is 14.4. The molecular weight excluding hydrogens is 520 g/mol. The maximum Gasteiger partial charge on any atom is 3.00 e. The molecule has 0 aliphatic carbocycles. The van der Waals surface area contributed by atoms with E-state index in [1.807, 2.05) is 0 Å². The van der Waals surface area contributed by atoms with E-state index in [1.54, 1.807) is 0 Å². The van der Waals surface area contributed by atoms with Crippen LogP contribution in [0.1, 0.15) is 0 Å². The van der Waals surface area contributed by atoms with Crippen molar-refractivity contribution in [2.45, 2.75) is 0 Å². The molecule has 0 atom stereocenters. The van der Waals surface area contributed by atoms with Gasteiger partial charge in [-0.25, -0.2) is 0 Å². The molecule has 0 saturated heterocycles. The van der Waals surface area contributed by atoms with Gasteiger partial charge >= 0.3 is 104 Å². The summed E-state index contributed by atoms with van der Waals surface area (Å²) in [6.45, 7) is 0. The summed E-state index contributed by atoms with van der Waals surface area (Å²) in [5.74, 6) is 0. The van der Waals surface area contributed by atoms with Crippen LogP contribution in [0.15, 0.2) is 0 Å². The third-order valence-electron chi connectivity index (χ3n) is 0. The van der Waals surface area contributed by atoms with Crippen molar-refractivity contribution in [3.63, 3.8) is 0 Å². The summed E-state index contributed by atoms with van der Waals surface area (Å²) in [6.07, 6.45) is 0. The Morgan fingerprint density at radius 2 is 0.533 bits per heavy atom. The van der Waals surface area contributed by atoms with Crippen LogP contribution in [0.3, 0.4) is 0 Å². The smallest absolute Gasteiger partial charge is 2.00 e. The summed E-state index contributed by atoms with van der Waals surface area (Å²) >= 11 is 0. The molecule has 90 valence electrons. The monoisotopic (exact) mass is 524 g/mol. The van der Waals surface area contributed by atoms with Gasteiger partial charge in [0.25, 0.3) is 0 Å². The molecule has 0 aromatic carbocycles. The third kappa shape index (κ3) is 601. The molecule has 0 aliphatic rings. The van der Waals surface area contributed by atoms with E-state index in [4.69, 9.17) is 35.0 Å². The van der Waals surface area contributed by atoms with Crippen LogP contribution in [0, 0.1) is 83.5 Å². The molecule has 0 amide bonds. The number of hydrogen-bond acceptors (Lipinski definition) is 4. The summed E-state index contributed by atoms with van der Waals surface area (Å²) in [5, 5.41) is 0. The van der Waals surface area contributed by atoms with Crippen molar-refractivity contribution in [1.82, 2.24) is 0 Å². The molecule has 0 heterocycles. The molecule has 15 heteroatoms. The second-order valence-corrected chi connectivity index (χ2v) is 2.69. The molecule has 0 aromatic rings. The van der Waals surface area contributed by atoms with Crippen LogP contribution in [0.4, 0.5) is 0 Å². The Kier molecular flexibility index (Phi) is 54.0. The average molecular weight is 524 g/mol. The van der Waals surface area contributed by atoms with Crippen molar-refractivity contribution in [3.8, 4) is 0 Å². The van der Waals surface area contributed by atoms with Crippen molar-refractivity contribution < 1.29 is 135 Å². The first-order chi connectivity index (χ1) is 4.00. The molecule has 0 rings (SSSR count). The molecule has 0 spiro atoms. The van der Waals surface area contributed by atoms with Crippen LogP contribution in [-0.4, -0.2) is 35.0 Å². The minimum atomic E-state index is -4.67. The largest absolute Gasteiger partial charge is 3.00 e. The third-order valence-corrected chi connectivity index (χ3v) is 0. The Balaban J connectivity index is -0.0000000128. The van der Waals surface area contributed by atoms with Gasteiger partial charge in [0, 0.05) is 0 Å². The summed E-state index contributed by atoms with van der Waals surface area (Å²) in [6, 6.07) is 0. The van der Waals surface area contributed by atoms with Crippen molar-refractivity contribution in [2.24, 2.45) is 0 Å². The molecule has 0 aliphatic heterocycles. The molecule has 11 nitrogen and oxygen atoms in total. The fourth-order valence-corrected chi connectivity index (χ4v) is 0. The van der Waals surface area contributed by atoms with Crippen LogP contribution in [0.5, 0.6) is 0 Å². The van der Waals surface area contributed by atoms with Crippen LogP contribution in [0.25, 0.3) is 0 Å². The van der Waals surface area contributed by atoms with Gasteiger partial charge < -0.3 is 16.4 Å². The standard InChI is InChI=1S/2Ce.2H2O4S.3O/c;;2*1-5(2,3)4;;;/h;;2*(H2,1,2,3,4);;;/q2*+3;;;3*-2. The summed E-state index contributed by atoms with van der Waals surface area (Å²) in [7, 11) is -9.33. The normalized spacial score (nSPS) is 7.73. The van der Waals surface area contributed by atoms with Gasteiger partial charge in [-0.2, -0.15) is 16.8 Å². The predicted octanol–water partition coefficient (Wildman–Crippen LogP) is -1.66. The molecular formula is H4Ce2O11S2. The van der Waals surface area contributed by atoms with Crippen molar-refractivity contribution >= 4 is 20.8 Å². The second kappa shape index (κ2) is 18.7. The minimum Gasteiger partial charge on any atom is -2.00 e. The topological polar surface area (TPSA) is 235 Å². The van der Waals surface area contributed by atoms with E-state index < -0.39 is 20.8 Å². The fraction of sp³-hybridized carbons (Fsp3) is 0. The minimum absolute atomic E-state index is 0. The Morgan fingerprint density at radius 1 is 0.533 bits per heavy atom. The first-order valence-electron chi connectivity index (χ1n) is 1.40. The van der Waals surface area contributed by atoms with Crippen molar-refractivity contribution in [1.29, 1.82) is 0 Å². The SMILES string of the molecule is O=S(=O)(O)O.O=S(=O)(O)O.[Ce+3].[Ce+3].[O-2].[O-2].[O-2]. The number of hydrogen-bond donors (Lipinski definition) is 4. The molecule has 4 N–H and O–H groups in total. The van der Waals surface area contributed by atoms with E-state index in [0.717, 1.165) is 0 Å². The fourth-order valence-electron chi connectivity index (χ4n) is 0. The van der Waals surface area contributed by atoms with Gasteiger partial charge in [0.1, 0.15) is 0 Å². The van der Waals surface area contributed by atoms with Gasteiger partial charge in [0.05, 0.1) is 0 Å². The van der Waals surface area contributed by atoms with Crippen LogP contribution >= 0.6 is 0 Å². The maximum atomic E-state index is 8.74. The van der Waals surface area contributed by atoms with Crippen LogP contribution in [-0.2, 0) is 37.2 Å². The van der Waals surface area contributed by atoms with E-state index in [1.165, 1.54) is 0 Å². The van der Waals surface area contributed by atoms with Gasteiger partial charge in [-0.15, -0.1) is 0 Å². The first-order valence-corrected chi connectivity index (χ1v) is 4.19. The summed E-state index contributed by atoms with van der Waals surface area (Å²) < 4.78 is 63.2. The maximum absolute atomic E-state index is 8.74. The van der Waals surface area contributed by atoms with Gasteiger partial charge in [-0.05, 0) is 0 Å². The number of rotatable bonds is 0.